The lowest BCUT2D eigenvalue weighted by atomic mass is 9.97. The van der Waals surface area contributed by atoms with Gasteiger partial charge >= 0.3 is 0 Å². The van der Waals surface area contributed by atoms with Crippen LogP contribution in [0.1, 0.15) is 31.7 Å². The van der Waals surface area contributed by atoms with Crippen molar-refractivity contribution < 1.29 is 4.92 Å². The molecule has 1 fully saturated rings. The van der Waals surface area contributed by atoms with Gasteiger partial charge in [0.2, 0.25) is 0 Å². The van der Waals surface area contributed by atoms with Crippen molar-refractivity contribution in [2.45, 2.75) is 33.1 Å². The molecular weight excluding hydrogens is 266 g/mol. The summed E-state index contributed by atoms with van der Waals surface area (Å²) in [6.07, 6.45) is 3.51. The number of nitro benzene ring substituents is 1. The lowest BCUT2D eigenvalue weighted by molar-refractivity contribution is -0.384. The molecule has 1 aromatic rings. The molecule has 5 heteroatoms. The van der Waals surface area contributed by atoms with Crippen molar-refractivity contribution in [1.82, 2.24) is 5.32 Å². The van der Waals surface area contributed by atoms with Crippen molar-refractivity contribution in [1.29, 1.82) is 0 Å². The number of non-ortho nitro benzene ring substituents is 1. The molecule has 1 aromatic carbocycles. The predicted molar refractivity (Wildman–Crippen MR) is 85.9 cm³/mol. The minimum absolute atomic E-state index is 0.176. The minimum Gasteiger partial charge on any atom is -0.371 e. The Kier molecular flexibility index (Phi) is 5.56. The van der Waals surface area contributed by atoms with Crippen molar-refractivity contribution in [3.05, 3.63) is 33.9 Å². The van der Waals surface area contributed by atoms with Gasteiger partial charge in [-0.3, -0.25) is 10.1 Å². The largest absolute Gasteiger partial charge is 0.371 e. The summed E-state index contributed by atoms with van der Waals surface area (Å²) in [7, 11) is 0. The summed E-state index contributed by atoms with van der Waals surface area (Å²) in [4.78, 5) is 12.9. The minimum atomic E-state index is -0.326. The lowest BCUT2D eigenvalue weighted by Crippen LogP contribution is -2.36. The monoisotopic (exact) mass is 291 g/mol. The van der Waals surface area contributed by atoms with Crippen LogP contribution in [0.2, 0.25) is 0 Å². The van der Waals surface area contributed by atoms with Crippen LogP contribution < -0.4 is 10.2 Å². The van der Waals surface area contributed by atoms with Gasteiger partial charge in [0.15, 0.2) is 0 Å². The number of aryl methyl sites for hydroxylation is 1. The summed E-state index contributed by atoms with van der Waals surface area (Å²) in [5, 5.41) is 14.3. The number of benzene rings is 1. The van der Waals surface area contributed by atoms with Gasteiger partial charge in [-0.05, 0) is 56.8 Å². The number of nitro groups is 1. The topological polar surface area (TPSA) is 58.4 Å². The molecule has 21 heavy (non-hydrogen) atoms. The Bertz CT molecular complexity index is 484. The Morgan fingerprint density at radius 2 is 2.10 bits per heavy atom. The van der Waals surface area contributed by atoms with E-state index in [0.717, 1.165) is 43.9 Å². The zero-order chi connectivity index (χ0) is 15.2. The molecule has 1 aliphatic heterocycles. The highest BCUT2D eigenvalue weighted by molar-refractivity contribution is 5.57. The van der Waals surface area contributed by atoms with E-state index >= 15 is 0 Å². The first-order valence-corrected chi connectivity index (χ1v) is 7.82. The number of nitrogens with one attached hydrogen (secondary N) is 1. The van der Waals surface area contributed by atoms with Gasteiger partial charge in [0.25, 0.3) is 5.69 Å². The molecule has 0 unspecified atom stereocenters. The van der Waals surface area contributed by atoms with Crippen LogP contribution in [0.25, 0.3) is 0 Å². The number of anilines is 1. The maximum atomic E-state index is 10.9. The van der Waals surface area contributed by atoms with Gasteiger partial charge in [-0.1, -0.05) is 6.92 Å². The summed E-state index contributed by atoms with van der Waals surface area (Å²) < 4.78 is 0. The van der Waals surface area contributed by atoms with Crippen LogP contribution in [-0.4, -0.2) is 31.1 Å². The second-order valence-electron chi connectivity index (χ2n) is 5.87. The SMILES string of the molecule is CCCN(CC1CCNCC1)c1ccc([N+](=O)[O-])cc1C. The Morgan fingerprint density at radius 3 is 2.67 bits per heavy atom. The molecule has 0 aromatic heterocycles. The highest BCUT2D eigenvalue weighted by atomic mass is 16.6. The molecule has 0 amide bonds. The highest BCUT2D eigenvalue weighted by Gasteiger charge is 2.19. The first-order valence-electron chi connectivity index (χ1n) is 7.82. The van der Waals surface area contributed by atoms with Gasteiger partial charge in [-0.2, -0.15) is 0 Å². The van der Waals surface area contributed by atoms with Gasteiger partial charge in [-0.15, -0.1) is 0 Å². The van der Waals surface area contributed by atoms with Gasteiger partial charge in [0, 0.05) is 30.9 Å². The van der Waals surface area contributed by atoms with Crippen LogP contribution in [0, 0.1) is 23.0 Å². The van der Waals surface area contributed by atoms with Crippen molar-refractivity contribution in [2.75, 3.05) is 31.1 Å². The zero-order valence-electron chi connectivity index (χ0n) is 13.0. The Morgan fingerprint density at radius 1 is 1.38 bits per heavy atom. The quantitative estimate of drug-likeness (QED) is 0.646. The van der Waals surface area contributed by atoms with E-state index in [9.17, 15) is 10.1 Å². The molecule has 116 valence electrons. The van der Waals surface area contributed by atoms with Crippen LogP contribution in [0.15, 0.2) is 18.2 Å². The number of rotatable bonds is 6. The predicted octanol–water partition coefficient (Wildman–Crippen LogP) is 3.12. The van der Waals surface area contributed by atoms with Gasteiger partial charge in [0.05, 0.1) is 4.92 Å². The highest BCUT2D eigenvalue weighted by Crippen LogP contribution is 2.27. The van der Waals surface area contributed by atoms with E-state index in [4.69, 9.17) is 0 Å². The summed E-state index contributed by atoms with van der Waals surface area (Å²) >= 11 is 0. The molecule has 2 rings (SSSR count). The molecule has 0 spiro atoms. The Hall–Kier alpha value is -1.62. The molecular formula is C16H25N3O2. The fourth-order valence-electron chi connectivity index (χ4n) is 3.06. The molecule has 0 saturated carbocycles. The number of nitrogens with zero attached hydrogens (tertiary/aromatic N) is 2. The molecule has 5 nitrogen and oxygen atoms in total. The Balaban J connectivity index is 2.14. The van der Waals surface area contributed by atoms with E-state index in [1.54, 1.807) is 12.1 Å². The lowest BCUT2D eigenvalue weighted by Gasteiger charge is -2.32. The second-order valence-corrected chi connectivity index (χ2v) is 5.87. The molecule has 1 N–H and O–H groups in total. The third-order valence-corrected chi connectivity index (χ3v) is 4.16. The average molecular weight is 291 g/mol. The van der Waals surface area contributed by atoms with Crippen LogP contribution in [0.3, 0.4) is 0 Å². The molecule has 0 atom stereocenters. The van der Waals surface area contributed by atoms with E-state index in [-0.39, 0.29) is 10.6 Å². The Labute approximate surface area is 126 Å². The average Bonchev–Trinajstić information content (AvgIpc) is 2.48. The molecule has 0 aliphatic carbocycles. The summed E-state index contributed by atoms with van der Waals surface area (Å²) in [5.74, 6) is 0.715. The fraction of sp³-hybridized carbons (Fsp3) is 0.625. The zero-order valence-corrected chi connectivity index (χ0v) is 13.0. The molecule has 0 bridgehead atoms. The third-order valence-electron chi connectivity index (χ3n) is 4.16. The van der Waals surface area contributed by atoms with E-state index in [1.165, 1.54) is 12.8 Å². The molecule has 1 aliphatic rings. The van der Waals surface area contributed by atoms with Gasteiger partial charge in [0.1, 0.15) is 0 Å². The van der Waals surface area contributed by atoms with Crippen LogP contribution >= 0.6 is 0 Å². The normalized spacial score (nSPS) is 15.9. The molecule has 1 saturated heterocycles. The van der Waals surface area contributed by atoms with Gasteiger partial charge in [-0.25, -0.2) is 0 Å². The van der Waals surface area contributed by atoms with Crippen molar-refractivity contribution in [3.63, 3.8) is 0 Å². The fourth-order valence-corrected chi connectivity index (χ4v) is 3.06. The van der Waals surface area contributed by atoms with Crippen LogP contribution in [0.4, 0.5) is 11.4 Å². The number of hydrogen-bond acceptors (Lipinski definition) is 4. The summed E-state index contributed by atoms with van der Waals surface area (Å²) in [6, 6.07) is 5.21. The summed E-state index contributed by atoms with van der Waals surface area (Å²) in [5.41, 5.74) is 2.31. The van der Waals surface area contributed by atoms with E-state index in [2.05, 4.69) is 17.1 Å². The smallest absolute Gasteiger partial charge is 0.269 e. The van der Waals surface area contributed by atoms with Crippen LogP contribution in [0.5, 0.6) is 0 Å². The number of piperidine rings is 1. The van der Waals surface area contributed by atoms with E-state index in [0.29, 0.717) is 5.92 Å². The number of hydrogen-bond donors (Lipinski definition) is 1. The molecule has 1 heterocycles. The van der Waals surface area contributed by atoms with Crippen LogP contribution in [-0.2, 0) is 0 Å². The standard InChI is InChI=1S/C16H25N3O2/c1-3-10-18(12-14-6-8-17-9-7-14)16-5-4-15(19(20)21)11-13(16)2/h4-5,11,14,17H,3,6-10,12H2,1-2H3. The molecule has 0 radical (unpaired) electrons. The van der Waals surface area contributed by atoms with Crippen molar-refractivity contribution in [2.24, 2.45) is 5.92 Å². The summed E-state index contributed by atoms with van der Waals surface area (Å²) in [6.45, 7) is 8.40. The van der Waals surface area contributed by atoms with Crippen molar-refractivity contribution in [3.8, 4) is 0 Å². The maximum Gasteiger partial charge on any atom is 0.269 e. The van der Waals surface area contributed by atoms with Crippen molar-refractivity contribution >= 4 is 11.4 Å². The third kappa shape index (κ3) is 4.17. The van der Waals surface area contributed by atoms with E-state index < -0.39 is 0 Å². The second kappa shape index (κ2) is 7.41. The first-order chi connectivity index (χ1) is 10.1. The van der Waals surface area contributed by atoms with E-state index in [1.807, 2.05) is 13.0 Å². The first kappa shape index (κ1) is 15.8. The van der Waals surface area contributed by atoms with Gasteiger partial charge < -0.3 is 10.2 Å². The maximum absolute atomic E-state index is 10.9.